The van der Waals surface area contributed by atoms with E-state index in [2.05, 4.69) is 27.3 Å². The molecule has 0 unspecified atom stereocenters. The van der Waals surface area contributed by atoms with Gasteiger partial charge in [-0.25, -0.2) is 4.98 Å². The smallest absolute Gasteiger partial charge is 0.266 e. The van der Waals surface area contributed by atoms with Gasteiger partial charge in [0.05, 0.1) is 23.9 Å². The number of nitrogens with zero attached hydrogens (tertiary/aromatic N) is 2. The van der Waals surface area contributed by atoms with Crippen LogP contribution in [0.3, 0.4) is 0 Å². The number of thiazole rings is 1. The fourth-order valence-electron chi connectivity index (χ4n) is 4.22. The molecule has 132 valence electrons. The van der Waals surface area contributed by atoms with Gasteiger partial charge in [0.2, 0.25) is 0 Å². The highest BCUT2D eigenvalue weighted by molar-refractivity contribution is 7.13. The summed E-state index contributed by atoms with van der Waals surface area (Å²) in [5.74, 6) is 1.95. The van der Waals surface area contributed by atoms with Gasteiger partial charge in [0, 0.05) is 25.6 Å². The van der Waals surface area contributed by atoms with Crippen molar-refractivity contribution in [3.63, 3.8) is 0 Å². The Hall–Kier alpha value is -1.92. The predicted octanol–water partition coefficient (Wildman–Crippen LogP) is 2.80. The molecule has 0 spiro atoms. The standard InChI is InChI=1S/C19H23N3O2S/c1-11-18(25-12(2)21-11)19(23)22-10-14-8-20-9-16(14)17(22)13-4-6-15(24-3)7-5-13/h4-7,14,16-17,20H,8-10H2,1-3H3/t14-,16-,17+/m0/s1. The Balaban J connectivity index is 1.69. The van der Waals surface area contributed by atoms with Crippen molar-refractivity contribution in [2.24, 2.45) is 11.8 Å². The lowest BCUT2D eigenvalue weighted by Gasteiger charge is -2.28. The van der Waals surface area contributed by atoms with Gasteiger partial charge < -0.3 is 15.0 Å². The molecule has 1 N–H and O–H groups in total. The van der Waals surface area contributed by atoms with Crippen LogP contribution in [0, 0.1) is 25.7 Å². The van der Waals surface area contributed by atoms with Gasteiger partial charge in [0.15, 0.2) is 0 Å². The Kier molecular flexibility index (Phi) is 4.25. The second-order valence-electron chi connectivity index (χ2n) is 6.91. The second-order valence-corrected chi connectivity index (χ2v) is 8.11. The first-order chi connectivity index (χ1) is 12.1. The first kappa shape index (κ1) is 16.5. The lowest BCUT2D eigenvalue weighted by molar-refractivity contribution is 0.0718. The fraction of sp³-hybridized carbons (Fsp3) is 0.474. The number of aromatic nitrogens is 1. The van der Waals surface area contributed by atoms with E-state index in [9.17, 15) is 4.79 Å². The summed E-state index contributed by atoms with van der Waals surface area (Å²) in [6.07, 6.45) is 0. The Morgan fingerprint density at radius 1 is 1.28 bits per heavy atom. The molecule has 2 aromatic rings. The summed E-state index contributed by atoms with van der Waals surface area (Å²) in [5.41, 5.74) is 2.03. The zero-order valence-electron chi connectivity index (χ0n) is 14.8. The summed E-state index contributed by atoms with van der Waals surface area (Å²) in [6, 6.07) is 8.26. The number of hydrogen-bond acceptors (Lipinski definition) is 5. The molecule has 1 amide bonds. The van der Waals surface area contributed by atoms with Gasteiger partial charge >= 0.3 is 0 Å². The molecule has 2 fully saturated rings. The molecular weight excluding hydrogens is 334 g/mol. The summed E-state index contributed by atoms with van der Waals surface area (Å²) in [5, 5.41) is 4.44. The third kappa shape index (κ3) is 2.83. The molecule has 5 nitrogen and oxygen atoms in total. The number of methoxy groups -OCH3 is 1. The molecule has 1 aromatic carbocycles. The van der Waals surface area contributed by atoms with E-state index in [-0.39, 0.29) is 11.9 Å². The lowest BCUT2D eigenvalue weighted by Crippen LogP contribution is -2.34. The Bertz CT molecular complexity index is 786. The maximum Gasteiger partial charge on any atom is 0.266 e. The number of fused-ring (bicyclic) bond motifs is 1. The third-order valence-corrected chi connectivity index (χ3v) is 6.44. The summed E-state index contributed by atoms with van der Waals surface area (Å²) in [6.45, 7) is 6.65. The molecule has 1 aromatic heterocycles. The van der Waals surface area contributed by atoms with Crippen LogP contribution in [0.25, 0.3) is 0 Å². The third-order valence-electron chi connectivity index (χ3n) is 5.38. The highest BCUT2D eigenvalue weighted by Gasteiger charge is 2.47. The lowest BCUT2D eigenvalue weighted by atomic mass is 9.89. The van der Waals surface area contributed by atoms with E-state index >= 15 is 0 Å². The number of rotatable bonds is 3. The summed E-state index contributed by atoms with van der Waals surface area (Å²) in [7, 11) is 1.67. The molecule has 3 heterocycles. The molecule has 2 aliphatic heterocycles. The minimum Gasteiger partial charge on any atom is -0.497 e. The van der Waals surface area contributed by atoms with Crippen molar-refractivity contribution in [1.29, 1.82) is 0 Å². The second kappa shape index (κ2) is 6.42. The number of amides is 1. The number of benzene rings is 1. The average molecular weight is 357 g/mol. The van der Waals surface area contributed by atoms with E-state index < -0.39 is 0 Å². The normalized spacial score (nSPS) is 25.2. The van der Waals surface area contributed by atoms with Gasteiger partial charge in [-0.2, -0.15) is 0 Å². The van der Waals surface area contributed by atoms with Crippen molar-refractivity contribution in [1.82, 2.24) is 15.2 Å². The molecule has 4 rings (SSSR count). The monoisotopic (exact) mass is 357 g/mol. The summed E-state index contributed by atoms with van der Waals surface area (Å²) < 4.78 is 5.28. The number of ether oxygens (including phenoxy) is 1. The molecule has 3 atom stereocenters. The van der Waals surface area contributed by atoms with Crippen LogP contribution < -0.4 is 10.1 Å². The molecular formula is C19H23N3O2S. The average Bonchev–Trinajstić information content (AvgIpc) is 3.28. The van der Waals surface area contributed by atoms with Crippen LogP contribution in [0.4, 0.5) is 0 Å². The van der Waals surface area contributed by atoms with Gasteiger partial charge in [0.25, 0.3) is 5.91 Å². The van der Waals surface area contributed by atoms with Crippen LogP contribution in [0.2, 0.25) is 0 Å². The zero-order chi connectivity index (χ0) is 17.6. The summed E-state index contributed by atoms with van der Waals surface area (Å²) in [4.78, 5) is 20.6. The molecule has 0 aliphatic carbocycles. The first-order valence-electron chi connectivity index (χ1n) is 8.68. The number of aryl methyl sites for hydroxylation is 2. The maximum absolute atomic E-state index is 13.3. The van der Waals surface area contributed by atoms with Crippen LogP contribution in [0.15, 0.2) is 24.3 Å². The highest BCUT2D eigenvalue weighted by Crippen LogP contribution is 2.44. The minimum absolute atomic E-state index is 0.111. The van der Waals surface area contributed by atoms with Crippen LogP contribution in [-0.4, -0.2) is 42.5 Å². The predicted molar refractivity (Wildman–Crippen MR) is 98.2 cm³/mol. The molecule has 6 heteroatoms. The van der Waals surface area contributed by atoms with Gasteiger partial charge in [0.1, 0.15) is 10.6 Å². The number of nitrogens with one attached hydrogen (secondary N) is 1. The van der Waals surface area contributed by atoms with E-state index in [4.69, 9.17) is 4.74 Å². The van der Waals surface area contributed by atoms with Crippen molar-refractivity contribution in [3.05, 3.63) is 45.4 Å². The number of carbonyl (C=O) groups excluding carboxylic acids is 1. The van der Waals surface area contributed by atoms with Gasteiger partial charge in [-0.15, -0.1) is 11.3 Å². The van der Waals surface area contributed by atoms with Crippen LogP contribution >= 0.6 is 11.3 Å². The molecule has 25 heavy (non-hydrogen) atoms. The highest BCUT2D eigenvalue weighted by atomic mass is 32.1. The van der Waals surface area contributed by atoms with Crippen LogP contribution in [0.1, 0.15) is 32.0 Å². The zero-order valence-corrected chi connectivity index (χ0v) is 15.6. The first-order valence-corrected chi connectivity index (χ1v) is 9.50. The number of carbonyl (C=O) groups is 1. The quantitative estimate of drug-likeness (QED) is 0.918. The summed E-state index contributed by atoms with van der Waals surface area (Å²) >= 11 is 1.50. The van der Waals surface area contributed by atoms with Crippen molar-refractivity contribution >= 4 is 17.2 Å². The van der Waals surface area contributed by atoms with Gasteiger partial charge in [-0.3, -0.25) is 4.79 Å². The van der Waals surface area contributed by atoms with Crippen LogP contribution in [0.5, 0.6) is 5.75 Å². The van der Waals surface area contributed by atoms with Crippen molar-refractivity contribution in [3.8, 4) is 5.75 Å². The molecule has 0 bridgehead atoms. The maximum atomic E-state index is 13.3. The Morgan fingerprint density at radius 2 is 2.04 bits per heavy atom. The van der Waals surface area contributed by atoms with E-state index in [1.807, 2.05) is 26.0 Å². The Labute approximate surface area is 152 Å². The number of hydrogen-bond donors (Lipinski definition) is 1. The minimum atomic E-state index is 0.111. The fourth-order valence-corrected chi connectivity index (χ4v) is 5.09. The van der Waals surface area contributed by atoms with Crippen LogP contribution in [-0.2, 0) is 0 Å². The van der Waals surface area contributed by atoms with Crippen molar-refractivity contribution in [2.45, 2.75) is 19.9 Å². The molecule has 0 saturated carbocycles. The van der Waals surface area contributed by atoms with Crippen molar-refractivity contribution < 1.29 is 9.53 Å². The molecule has 0 radical (unpaired) electrons. The van der Waals surface area contributed by atoms with E-state index in [0.717, 1.165) is 41.0 Å². The largest absolute Gasteiger partial charge is 0.497 e. The van der Waals surface area contributed by atoms with E-state index in [1.54, 1.807) is 7.11 Å². The van der Waals surface area contributed by atoms with Crippen molar-refractivity contribution in [2.75, 3.05) is 26.7 Å². The van der Waals surface area contributed by atoms with E-state index in [0.29, 0.717) is 11.8 Å². The van der Waals surface area contributed by atoms with Gasteiger partial charge in [-0.1, -0.05) is 12.1 Å². The topological polar surface area (TPSA) is 54.5 Å². The molecule has 2 saturated heterocycles. The molecule has 2 aliphatic rings. The SMILES string of the molecule is COc1ccc([C@@H]2[C@H]3CNC[C@H]3CN2C(=O)c2sc(C)nc2C)cc1. The Morgan fingerprint density at radius 3 is 2.68 bits per heavy atom. The van der Waals surface area contributed by atoms with Gasteiger partial charge in [-0.05, 0) is 37.5 Å². The van der Waals surface area contributed by atoms with E-state index in [1.165, 1.54) is 16.9 Å². The number of likely N-dealkylation sites (tertiary alicyclic amines) is 1.